The molecule has 7 nitrogen and oxygen atoms in total. The van der Waals surface area contributed by atoms with Gasteiger partial charge in [-0.2, -0.15) is 0 Å². The van der Waals surface area contributed by atoms with Gasteiger partial charge in [0.2, 0.25) is 5.91 Å². The molecule has 3 N–H and O–H groups in total. The summed E-state index contributed by atoms with van der Waals surface area (Å²) in [6, 6.07) is 13.0. The first-order valence-electron chi connectivity index (χ1n) is 9.69. The maximum absolute atomic E-state index is 12.3. The average molecular weight is 394 g/mol. The Morgan fingerprint density at radius 1 is 1.07 bits per heavy atom. The molecule has 0 aromatic heterocycles. The molecule has 2 aromatic rings. The van der Waals surface area contributed by atoms with Crippen LogP contribution >= 0.6 is 0 Å². The number of aryl methyl sites for hydroxylation is 2. The van der Waals surface area contributed by atoms with E-state index in [9.17, 15) is 14.4 Å². The highest BCUT2D eigenvalue weighted by atomic mass is 16.2. The molecule has 7 heteroatoms. The fourth-order valence-corrected chi connectivity index (χ4v) is 3.33. The Hall–Kier alpha value is -3.35. The Labute approximate surface area is 170 Å². The van der Waals surface area contributed by atoms with Crippen LogP contribution in [0.2, 0.25) is 0 Å². The number of nitrogens with zero attached hydrogens (tertiary/aromatic N) is 1. The number of hydrogen-bond donors (Lipinski definition) is 3. The lowest BCUT2D eigenvalue weighted by Gasteiger charge is -2.16. The summed E-state index contributed by atoms with van der Waals surface area (Å²) >= 11 is 0. The van der Waals surface area contributed by atoms with Crippen LogP contribution in [0.15, 0.2) is 42.5 Å². The molecule has 0 unspecified atom stereocenters. The Morgan fingerprint density at radius 2 is 1.90 bits per heavy atom. The van der Waals surface area contributed by atoms with E-state index < -0.39 is 5.91 Å². The van der Waals surface area contributed by atoms with Gasteiger partial charge in [0.1, 0.15) is 0 Å². The van der Waals surface area contributed by atoms with Crippen molar-refractivity contribution >= 4 is 23.4 Å². The summed E-state index contributed by atoms with van der Waals surface area (Å²) in [6.07, 6.45) is 1.46. The number of rotatable bonds is 6. The molecule has 0 spiro atoms. The van der Waals surface area contributed by atoms with Gasteiger partial charge in [-0.05, 0) is 49.6 Å². The van der Waals surface area contributed by atoms with Crippen LogP contribution in [-0.4, -0.2) is 35.7 Å². The molecule has 0 radical (unpaired) electrons. The van der Waals surface area contributed by atoms with Crippen LogP contribution in [0.3, 0.4) is 0 Å². The second-order valence-electron chi connectivity index (χ2n) is 7.29. The lowest BCUT2D eigenvalue weighted by atomic mass is 10.1. The molecule has 0 saturated carbocycles. The number of hydrazine groups is 1. The third-order valence-corrected chi connectivity index (χ3v) is 4.87. The molecule has 0 atom stereocenters. The predicted molar refractivity (Wildman–Crippen MR) is 111 cm³/mol. The van der Waals surface area contributed by atoms with Crippen molar-refractivity contribution < 1.29 is 14.4 Å². The largest absolute Gasteiger partial charge is 0.376 e. The molecule has 1 aliphatic rings. The highest BCUT2D eigenvalue weighted by Crippen LogP contribution is 2.16. The van der Waals surface area contributed by atoms with Gasteiger partial charge in [-0.3, -0.25) is 25.2 Å². The van der Waals surface area contributed by atoms with Gasteiger partial charge in [-0.15, -0.1) is 0 Å². The molecular formula is C22H26N4O3. The van der Waals surface area contributed by atoms with E-state index in [4.69, 9.17) is 0 Å². The molecule has 1 saturated heterocycles. The topological polar surface area (TPSA) is 90.5 Å². The zero-order chi connectivity index (χ0) is 20.8. The van der Waals surface area contributed by atoms with Crippen molar-refractivity contribution in [1.82, 2.24) is 15.8 Å². The molecule has 1 fully saturated rings. The number of likely N-dealkylation sites (tertiary alicyclic amines) is 1. The van der Waals surface area contributed by atoms with Crippen molar-refractivity contribution in [2.75, 3.05) is 18.4 Å². The molecule has 3 rings (SSSR count). The minimum atomic E-state index is -0.403. The number of hydrogen-bond acceptors (Lipinski definition) is 4. The Morgan fingerprint density at radius 3 is 2.62 bits per heavy atom. The minimum absolute atomic E-state index is 0.0429. The van der Waals surface area contributed by atoms with Gasteiger partial charge in [0.05, 0.1) is 6.54 Å². The maximum atomic E-state index is 12.3. The number of amides is 3. The van der Waals surface area contributed by atoms with E-state index in [0.717, 1.165) is 35.3 Å². The van der Waals surface area contributed by atoms with Crippen LogP contribution in [-0.2, 0) is 16.1 Å². The van der Waals surface area contributed by atoms with Gasteiger partial charge in [-0.1, -0.05) is 29.8 Å². The fourth-order valence-electron chi connectivity index (χ4n) is 3.33. The highest BCUT2D eigenvalue weighted by molar-refractivity contribution is 5.95. The normalized spacial score (nSPS) is 13.3. The molecule has 29 heavy (non-hydrogen) atoms. The standard InChI is InChI=1S/C22H26N4O3/c1-15-8-9-19(16(2)11-15)23-13-20(27)24-25-22(29)18-6-3-5-17(12-18)14-26-10-4-7-21(26)28/h3,5-6,8-9,11-12,23H,4,7,10,13-14H2,1-2H3,(H,24,27)(H,25,29). The summed E-state index contributed by atoms with van der Waals surface area (Å²) in [7, 11) is 0. The van der Waals surface area contributed by atoms with Crippen molar-refractivity contribution in [3.63, 3.8) is 0 Å². The fraction of sp³-hybridized carbons (Fsp3) is 0.318. The van der Waals surface area contributed by atoms with Crippen LogP contribution in [0, 0.1) is 13.8 Å². The molecule has 0 bridgehead atoms. The van der Waals surface area contributed by atoms with E-state index in [0.29, 0.717) is 18.5 Å². The monoisotopic (exact) mass is 394 g/mol. The first kappa shape index (κ1) is 20.4. The SMILES string of the molecule is Cc1ccc(NCC(=O)NNC(=O)c2cccc(CN3CCCC3=O)c2)c(C)c1. The number of carbonyl (C=O) groups excluding carboxylic acids is 3. The van der Waals surface area contributed by atoms with Crippen molar-refractivity contribution in [2.24, 2.45) is 0 Å². The van der Waals surface area contributed by atoms with Crippen molar-refractivity contribution in [2.45, 2.75) is 33.2 Å². The first-order valence-corrected chi connectivity index (χ1v) is 9.69. The molecule has 1 heterocycles. The van der Waals surface area contributed by atoms with Crippen LogP contribution in [0.4, 0.5) is 5.69 Å². The quantitative estimate of drug-likeness (QED) is 0.656. The van der Waals surface area contributed by atoms with Gasteiger partial charge >= 0.3 is 0 Å². The maximum Gasteiger partial charge on any atom is 0.269 e. The Kier molecular flexibility index (Phi) is 6.49. The van der Waals surface area contributed by atoms with Crippen molar-refractivity contribution in [3.8, 4) is 0 Å². The lowest BCUT2D eigenvalue weighted by molar-refractivity contribution is -0.128. The van der Waals surface area contributed by atoms with Gasteiger partial charge < -0.3 is 10.2 Å². The zero-order valence-electron chi connectivity index (χ0n) is 16.7. The van der Waals surface area contributed by atoms with Crippen molar-refractivity contribution in [3.05, 3.63) is 64.7 Å². The van der Waals surface area contributed by atoms with E-state index in [2.05, 4.69) is 16.2 Å². The summed E-state index contributed by atoms with van der Waals surface area (Å²) in [5, 5.41) is 3.06. The molecule has 3 amide bonds. The lowest BCUT2D eigenvalue weighted by Crippen LogP contribution is -2.44. The van der Waals surface area contributed by atoms with Gasteiger partial charge in [0, 0.05) is 30.8 Å². The number of benzene rings is 2. The van der Waals surface area contributed by atoms with Gasteiger partial charge in [0.25, 0.3) is 11.8 Å². The Balaban J connectivity index is 1.49. The molecule has 152 valence electrons. The smallest absolute Gasteiger partial charge is 0.269 e. The van der Waals surface area contributed by atoms with Crippen LogP contribution in [0.25, 0.3) is 0 Å². The summed E-state index contributed by atoms with van der Waals surface area (Å²) in [5.41, 5.74) is 9.24. The average Bonchev–Trinajstić information content (AvgIpc) is 3.10. The molecular weight excluding hydrogens is 368 g/mol. The summed E-state index contributed by atoms with van der Waals surface area (Å²) < 4.78 is 0. The van der Waals surface area contributed by atoms with Gasteiger partial charge in [-0.25, -0.2) is 0 Å². The molecule has 0 aliphatic carbocycles. The van der Waals surface area contributed by atoms with E-state index in [1.165, 1.54) is 0 Å². The third kappa shape index (κ3) is 5.57. The van der Waals surface area contributed by atoms with E-state index in [-0.39, 0.29) is 18.4 Å². The van der Waals surface area contributed by atoms with Crippen LogP contribution < -0.4 is 16.2 Å². The number of anilines is 1. The van der Waals surface area contributed by atoms with Crippen molar-refractivity contribution in [1.29, 1.82) is 0 Å². The van der Waals surface area contributed by atoms with E-state index >= 15 is 0 Å². The van der Waals surface area contributed by atoms with Gasteiger partial charge in [0.15, 0.2) is 0 Å². The van der Waals surface area contributed by atoms with E-state index in [1.807, 2.05) is 38.1 Å². The molecule has 1 aliphatic heterocycles. The summed E-state index contributed by atoms with van der Waals surface area (Å²) in [4.78, 5) is 37.9. The third-order valence-electron chi connectivity index (χ3n) is 4.87. The van der Waals surface area contributed by atoms with Crippen LogP contribution in [0.1, 0.15) is 39.9 Å². The summed E-state index contributed by atoms with van der Waals surface area (Å²) in [5.74, 6) is -0.611. The first-order chi connectivity index (χ1) is 13.9. The second kappa shape index (κ2) is 9.23. The minimum Gasteiger partial charge on any atom is -0.376 e. The molecule has 2 aromatic carbocycles. The predicted octanol–water partition coefficient (Wildman–Crippen LogP) is 2.30. The number of carbonyl (C=O) groups is 3. The summed E-state index contributed by atoms with van der Waals surface area (Å²) in [6.45, 7) is 5.26. The Bertz CT molecular complexity index is 926. The highest BCUT2D eigenvalue weighted by Gasteiger charge is 2.20. The van der Waals surface area contributed by atoms with E-state index in [1.54, 1.807) is 23.1 Å². The zero-order valence-corrected chi connectivity index (χ0v) is 16.7. The second-order valence-corrected chi connectivity index (χ2v) is 7.29. The number of nitrogens with one attached hydrogen (secondary N) is 3. The van der Waals surface area contributed by atoms with Crippen LogP contribution in [0.5, 0.6) is 0 Å².